The summed E-state index contributed by atoms with van der Waals surface area (Å²) in [7, 11) is 1.89. The number of rotatable bonds is 4. The van der Waals surface area contributed by atoms with Crippen molar-refractivity contribution in [1.82, 2.24) is 4.90 Å². The Labute approximate surface area is 121 Å². The average molecular weight is 277 g/mol. The molecule has 1 aromatic carbocycles. The molecule has 1 aliphatic carbocycles. The highest BCUT2D eigenvalue weighted by Gasteiger charge is 2.24. The van der Waals surface area contributed by atoms with Gasteiger partial charge in [0.25, 0.3) is 0 Å². The fourth-order valence-corrected chi connectivity index (χ4v) is 2.95. The molecule has 0 radical (unpaired) electrons. The van der Waals surface area contributed by atoms with Crippen LogP contribution in [0.2, 0.25) is 0 Å². The van der Waals surface area contributed by atoms with Crippen LogP contribution in [0.25, 0.3) is 0 Å². The molecule has 0 N–H and O–H groups in total. The van der Waals surface area contributed by atoms with Crippen molar-refractivity contribution in [3.05, 3.63) is 35.6 Å². The number of amides is 1. The van der Waals surface area contributed by atoms with Gasteiger partial charge in [0.05, 0.1) is 0 Å². The maximum atomic E-state index is 13.5. The van der Waals surface area contributed by atoms with Crippen molar-refractivity contribution in [3.63, 3.8) is 0 Å². The average Bonchev–Trinajstić information content (AvgIpc) is 2.46. The van der Waals surface area contributed by atoms with Gasteiger partial charge in [0.15, 0.2) is 0 Å². The molecular weight excluding hydrogens is 253 g/mol. The third kappa shape index (κ3) is 3.81. The molecule has 0 aliphatic heterocycles. The minimum Gasteiger partial charge on any atom is -0.343 e. The summed E-state index contributed by atoms with van der Waals surface area (Å²) in [6.45, 7) is 2.27. The van der Waals surface area contributed by atoms with Crippen molar-refractivity contribution < 1.29 is 9.18 Å². The maximum absolute atomic E-state index is 13.5. The fraction of sp³-hybridized carbons (Fsp3) is 0.588. The number of hydrogen-bond acceptors (Lipinski definition) is 1. The van der Waals surface area contributed by atoms with Gasteiger partial charge in [-0.1, -0.05) is 25.1 Å². The van der Waals surface area contributed by atoms with Gasteiger partial charge in [0.1, 0.15) is 5.82 Å². The van der Waals surface area contributed by atoms with Gasteiger partial charge in [-0.2, -0.15) is 0 Å². The van der Waals surface area contributed by atoms with Gasteiger partial charge in [0.2, 0.25) is 5.91 Å². The van der Waals surface area contributed by atoms with E-state index in [4.69, 9.17) is 0 Å². The second-order valence-electron chi connectivity index (χ2n) is 6.01. The van der Waals surface area contributed by atoms with Gasteiger partial charge < -0.3 is 4.90 Å². The lowest BCUT2D eigenvalue weighted by Crippen LogP contribution is -2.39. The predicted octanol–water partition coefficient (Wildman–Crippen LogP) is 3.80. The van der Waals surface area contributed by atoms with E-state index >= 15 is 0 Å². The first-order valence-corrected chi connectivity index (χ1v) is 7.57. The molecule has 1 fully saturated rings. The van der Waals surface area contributed by atoms with Crippen LogP contribution >= 0.6 is 0 Å². The second-order valence-corrected chi connectivity index (χ2v) is 6.01. The lowest BCUT2D eigenvalue weighted by molar-refractivity contribution is -0.132. The number of halogens is 1. The van der Waals surface area contributed by atoms with E-state index in [2.05, 4.69) is 6.92 Å². The van der Waals surface area contributed by atoms with E-state index in [9.17, 15) is 9.18 Å². The number of hydrogen-bond donors (Lipinski definition) is 0. The Morgan fingerprint density at radius 3 is 2.55 bits per heavy atom. The normalized spacial score (nSPS) is 22.6. The number of benzene rings is 1. The van der Waals surface area contributed by atoms with E-state index in [1.54, 1.807) is 12.1 Å². The van der Waals surface area contributed by atoms with Gasteiger partial charge in [0, 0.05) is 19.5 Å². The van der Waals surface area contributed by atoms with Crippen LogP contribution in [0.5, 0.6) is 0 Å². The highest BCUT2D eigenvalue weighted by Crippen LogP contribution is 2.26. The Morgan fingerprint density at radius 2 is 1.90 bits per heavy atom. The summed E-state index contributed by atoms with van der Waals surface area (Å²) in [5, 5.41) is 0. The van der Waals surface area contributed by atoms with Crippen molar-refractivity contribution in [2.45, 2.75) is 51.5 Å². The quantitative estimate of drug-likeness (QED) is 0.820. The Hall–Kier alpha value is -1.38. The third-order valence-corrected chi connectivity index (χ3v) is 4.49. The Morgan fingerprint density at radius 1 is 1.25 bits per heavy atom. The fourth-order valence-electron chi connectivity index (χ4n) is 2.95. The van der Waals surface area contributed by atoms with Crippen LogP contribution in [0.4, 0.5) is 4.39 Å². The SMILES string of the molecule is CC1CCC(N(C)C(=O)CCc2ccccc2F)CC1. The molecule has 2 nitrogen and oxygen atoms in total. The molecule has 1 aliphatic rings. The van der Waals surface area contributed by atoms with Crippen molar-refractivity contribution in [2.24, 2.45) is 5.92 Å². The molecular formula is C17H24FNO. The van der Waals surface area contributed by atoms with Crippen molar-refractivity contribution >= 4 is 5.91 Å². The van der Waals surface area contributed by atoms with Gasteiger partial charge in [-0.05, 0) is 49.7 Å². The van der Waals surface area contributed by atoms with Crippen LogP contribution in [0.15, 0.2) is 24.3 Å². The van der Waals surface area contributed by atoms with Crippen molar-refractivity contribution in [2.75, 3.05) is 7.05 Å². The minimum absolute atomic E-state index is 0.132. The molecule has 0 unspecified atom stereocenters. The standard InChI is InChI=1S/C17H24FNO/c1-13-7-10-15(11-8-13)19(2)17(20)12-9-14-5-3-4-6-16(14)18/h3-6,13,15H,7-12H2,1-2H3. The van der Waals surface area contributed by atoms with Crippen molar-refractivity contribution in [3.8, 4) is 0 Å². The van der Waals surface area contributed by atoms with Gasteiger partial charge in [-0.15, -0.1) is 0 Å². The van der Waals surface area contributed by atoms with Crippen LogP contribution < -0.4 is 0 Å². The topological polar surface area (TPSA) is 20.3 Å². The van der Waals surface area contributed by atoms with Gasteiger partial charge >= 0.3 is 0 Å². The Balaban J connectivity index is 1.84. The largest absolute Gasteiger partial charge is 0.343 e. The van der Waals surface area contributed by atoms with Crippen molar-refractivity contribution in [1.29, 1.82) is 0 Å². The molecule has 0 saturated heterocycles. The first kappa shape index (κ1) is 15.0. The monoisotopic (exact) mass is 277 g/mol. The van der Waals surface area contributed by atoms with Crippen LogP contribution in [-0.2, 0) is 11.2 Å². The summed E-state index contributed by atoms with van der Waals surface area (Å²) in [5.74, 6) is 0.704. The van der Waals surface area contributed by atoms with E-state index < -0.39 is 0 Å². The molecule has 0 heterocycles. The Bertz CT molecular complexity index is 452. The Kier molecular flexibility index (Phi) is 5.16. The predicted molar refractivity (Wildman–Crippen MR) is 78.9 cm³/mol. The summed E-state index contributed by atoms with van der Waals surface area (Å²) in [6.07, 6.45) is 5.49. The van der Waals surface area contributed by atoms with Crippen LogP contribution in [0.3, 0.4) is 0 Å². The van der Waals surface area contributed by atoms with Crippen LogP contribution in [0, 0.1) is 11.7 Å². The summed E-state index contributed by atoms with van der Waals surface area (Å²) < 4.78 is 13.5. The van der Waals surface area contributed by atoms with Crippen LogP contribution in [-0.4, -0.2) is 23.9 Å². The molecule has 110 valence electrons. The number of aryl methyl sites for hydroxylation is 1. The van der Waals surface area contributed by atoms with E-state index in [-0.39, 0.29) is 11.7 Å². The van der Waals surface area contributed by atoms with E-state index in [0.717, 1.165) is 18.8 Å². The summed E-state index contributed by atoms with van der Waals surface area (Å²) in [4.78, 5) is 14.1. The third-order valence-electron chi connectivity index (χ3n) is 4.49. The zero-order chi connectivity index (χ0) is 14.5. The zero-order valence-corrected chi connectivity index (χ0v) is 12.4. The van der Waals surface area contributed by atoms with Crippen LogP contribution in [0.1, 0.15) is 44.6 Å². The molecule has 0 bridgehead atoms. The molecule has 1 amide bonds. The molecule has 20 heavy (non-hydrogen) atoms. The molecule has 0 aromatic heterocycles. The maximum Gasteiger partial charge on any atom is 0.222 e. The highest BCUT2D eigenvalue weighted by atomic mass is 19.1. The van der Waals surface area contributed by atoms with E-state index in [1.807, 2.05) is 18.0 Å². The zero-order valence-electron chi connectivity index (χ0n) is 12.4. The lowest BCUT2D eigenvalue weighted by Gasteiger charge is -2.33. The molecule has 1 saturated carbocycles. The molecule has 0 spiro atoms. The second kappa shape index (κ2) is 6.87. The lowest BCUT2D eigenvalue weighted by atomic mass is 9.86. The number of carbonyl (C=O) groups is 1. The first-order chi connectivity index (χ1) is 9.58. The molecule has 1 aromatic rings. The molecule has 0 atom stereocenters. The highest BCUT2D eigenvalue weighted by molar-refractivity contribution is 5.76. The molecule has 3 heteroatoms. The summed E-state index contributed by atoms with van der Waals surface area (Å²) in [6, 6.07) is 7.07. The summed E-state index contributed by atoms with van der Waals surface area (Å²) in [5.41, 5.74) is 0.631. The summed E-state index contributed by atoms with van der Waals surface area (Å²) >= 11 is 0. The smallest absolute Gasteiger partial charge is 0.222 e. The van der Waals surface area contributed by atoms with E-state index in [1.165, 1.54) is 18.9 Å². The van der Waals surface area contributed by atoms with Gasteiger partial charge in [-0.3, -0.25) is 4.79 Å². The number of nitrogens with zero attached hydrogens (tertiary/aromatic N) is 1. The first-order valence-electron chi connectivity index (χ1n) is 7.57. The van der Waals surface area contributed by atoms with E-state index in [0.29, 0.717) is 24.4 Å². The molecule has 2 rings (SSSR count). The minimum atomic E-state index is -0.213. The van der Waals surface area contributed by atoms with Gasteiger partial charge in [-0.25, -0.2) is 4.39 Å². The number of carbonyl (C=O) groups excluding carboxylic acids is 1.